The lowest BCUT2D eigenvalue weighted by atomic mass is 10.1. The fourth-order valence-corrected chi connectivity index (χ4v) is 2.59. The van der Waals surface area contributed by atoms with E-state index in [9.17, 15) is 14.4 Å². The number of carbonyl (C=O) groups is 2. The molecule has 0 radical (unpaired) electrons. The molecule has 1 amide bonds. The van der Waals surface area contributed by atoms with Crippen LogP contribution in [0.2, 0.25) is 0 Å². The highest BCUT2D eigenvalue weighted by atomic mass is 16.5. The van der Waals surface area contributed by atoms with Crippen LogP contribution in [-0.4, -0.2) is 28.5 Å². The Labute approximate surface area is 161 Å². The topological polar surface area (TPSA) is 90.3 Å². The van der Waals surface area contributed by atoms with Crippen LogP contribution in [0, 0.1) is 6.92 Å². The van der Waals surface area contributed by atoms with E-state index in [1.165, 1.54) is 24.1 Å². The monoisotopic (exact) mass is 377 g/mol. The van der Waals surface area contributed by atoms with Gasteiger partial charge in [0, 0.05) is 17.3 Å². The summed E-state index contributed by atoms with van der Waals surface area (Å²) < 4.78 is 5.86. The molecule has 0 aliphatic heterocycles. The largest absolute Gasteiger partial charge is 0.465 e. The maximum absolute atomic E-state index is 12.3. The molecule has 1 N–H and O–H groups in total. The van der Waals surface area contributed by atoms with Crippen molar-refractivity contribution in [1.82, 2.24) is 9.55 Å². The molecule has 1 aromatic heterocycles. The summed E-state index contributed by atoms with van der Waals surface area (Å²) in [5, 5.41) is 2.68. The lowest BCUT2D eigenvalue weighted by molar-refractivity contribution is -0.116. The van der Waals surface area contributed by atoms with E-state index in [0.29, 0.717) is 16.9 Å². The van der Waals surface area contributed by atoms with Gasteiger partial charge in [0.1, 0.15) is 6.54 Å². The first-order valence-corrected chi connectivity index (χ1v) is 8.58. The number of ether oxygens (including phenoxy) is 1. The van der Waals surface area contributed by atoms with Crippen molar-refractivity contribution in [3.63, 3.8) is 0 Å². The van der Waals surface area contributed by atoms with E-state index >= 15 is 0 Å². The van der Waals surface area contributed by atoms with Crippen LogP contribution in [-0.2, 0) is 16.1 Å². The maximum Gasteiger partial charge on any atom is 0.337 e. The molecule has 0 saturated heterocycles. The van der Waals surface area contributed by atoms with Gasteiger partial charge in [0.25, 0.3) is 5.56 Å². The summed E-state index contributed by atoms with van der Waals surface area (Å²) in [7, 11) is 1.30. The number of hydrogen-bond donors (Lipinski definition) is 1. The number of amides is 1. The molecule has 0 unspecified atom stereocenters. The van der Waals surface area contributed by atoms with Crippen LogP contribution in [0.25, 0.3) is 11.3 Å². The summed E-state index contributed by atoms with van der Waals surface area (Å²) in [5.74, 6) is -0.832. The van der Waals surface area contributed by atoms with Gasteiger partial charge in [-0.25, -0.2) is 9.78 Å². The summed E-state index contributed by atoms with van der Waals surface area (Å²) in [4.78, 5) is 40.2. The predicted octanol–water partition coefficient (Wildman–Crippen LogP) is 2.64. The van der Waals surface area contributed by atoms with Crippen molar-refractivity contribution in [1.29, 1.82) is 0 Å². The maximum atomic E-state index is 12.3. The van der Waals surface area contributed by atoms with Crippen LogP contribution in [0.1, 0.15) is 15.9 Å². The standard InChI is InChI=1S/C21H19N3O4/c1-14-3-5-15(6-4-14)18-11-20(26)24(13-22-18)12-19(25)23-17-9-7-16(8-10-17)21(27)28-2/h3-11,13H,12H2,1-2H3,(H,23,25). The molecule has 3 aromatic rings. The number of anilines is 1. The molecule has 28 heavy (non-hydrogen) atoms. The van der Waals surface area contributed by atoms with Crippen molar-refractivity contribution >= 4 is 17.6 Å². The van der Waals surface area contributed by atoms with Crippen LogP contribution >= 0.6 is 0 Å². The highest BCUT2D eigenvalue weighted by Crippen LogP contribution is 2.15. The number of rotatable bonds is 5. The van der Waals surface area contributed by atoms with E-state index in [2.05, 4.69) is 15.0 Å². The first kappa shape index (κ1) is 19.0. The molecule has 0 atom stereocenters. The summed E-state index contributed by atoms with van der Waals surface area (Å²) in [6, 6.07) is 15.4. The van der Waals surface area contributed by atoms with E-state index in [-0.39, 0.29) is 18.0 Å². The van der Waals surface area contributed by atoms with Crippen molar-refractivity contribution in [2.24, 2.45) is 0 Å². The summed E-state index contributed by atoms with van der Waals surface area (Å²) in [5.41, 5.74) is 3.09. The van der Waals surface area contributed by atoms with Gasteiger partial charge >= 0.3 is 5.97 Å². The Balaban J connectivity index is 1.68. The first-order valence-electron chi connectivity index (χ1n) is 8.58. The van der Waals surface area contributed by atoms with Crippen LogP contribution < -0.4 is 10.9 Å². The van der Waals surface area contributed by atoms with Gasteiger partial charge in [-0.3, -0.25) is 14.2 Å². The van der Waals surface area contributed by atoms with E-state index in [4.69, 9.17) is 0 Å². The molecule has 3 rings (SSSR count). The molecule has 1 heterocycles. The zero-order valence-electron chi connectivity index (χ0n) is 15.5. The smallest absolute Gasteiger partial charge is 0.337 e. The molecule has 7 heteroatoms. The van der Waals surface area contributed by atoms with E-state index in [0.717, 1.165) is 11.1 Å². The summed E-state index contributed by atoms with van der Waals surface area (Å²) >= 11 is 0. The number of methoxy groups -OCH3 is 1. The molecule has 0 aliphatic rings. The van der Waals surface area contributed by atoms with Crippen molar-refractivity contribution < 1.29 is 14.3 Å². The molecule has 0 aliphatic carbocycles. The number of aryl methyl sites for hydroxylation is 1. The molecule has 7 nitrogen and oxygen atoms in total. The first-order chi connectivity index (χ1) is 13.5. The van der Waals surface area contributed by atoms with Gasteiger partial charge in [-0.1, -0.05) is 29.8 Å². The lowest BCUT2D eigenvalue weighted by Gasteiger charge is -2.08. The average Bonchev–Trinajstić information content (AvgIpc) is 2.70. The van der Waals surface area contributed by atoms with Gasteiger partial charge < -0.3 is 10.1 Å². The fourth-order valence-electron chi connectivity index (χ4n) is 2.59. The molecule has 0 spiro atoms. The minimum Gasteiger partial charge on any atom is -0.465 e. The molecule has 0 fully saturated rings. The molecule has 0 saturated carbocycles. The summed E-state index contributed by atoms with van der Waals surface area (Å²) in [6.45, 7) is 1.82. The second-order valence-electron chi connectivity index (χ2n) is 6.22. The van der Waals surface area contributed by atoms with Gasteiger partial charge in [-0.2, -0.15) is 0 Å². The molecule has 0 bridgehead atoms. The van der Waals surface area contributed by atoms with Gasteiger partial charge in [0.15, 0.2) is 0 Å². The molecular formula is C21H19N3O4. The van der Waals surface area contributed by atoms with Crippen LogP contribution in [0.4, 0.5) is 5.69 Å². The van der Waals surface area contributed by atoms with Crippen molar-refractivity contribution in [2.75, 3.05) is 12.4 Å². The third-order valence-corrected chi connectivity index (χ3v) is 4.13. The van der Waals surface area contributed by atoms with Crippen molar-refractivity contribution in [2.45, 2.75) is 13.5 Å². The minimum atomic E-state index is -0.454. The second-order valence-corrected chi connectivity index (χ2v) is 6.22. The highest BCUT2D eigenvalue weighted by Gasteiger charge is 2.09. The predicted molar refractivity (Wildman–Crippen MR) is 105 cm³/mol. The number of nitrogens with zero attached hydrogens (tertiary/aromatic N) is 2. The SMILES string of the molecule is COC(=O)c1ccc(NC(=O)Cn2cnc(-c3ccc(C)cc3)cc2=O)cc1. The zero-order chi connectivity index (χ0) is 20.1. The van der Waals surface area contributed by atoms with Crippen molar-refractivity contribution in [3.8, 4) is 11.3 Å². The van der Waals surface area contributed by atoms with E-state index < -0.39 is 5.97 Å². The number of nitrogens with one attached hydrogen (secondary N) is 1. The molecular weight excluding hydrogens is 358 g/mol. The van der Waals surface area contributed by atoms with Crippen LogP contribution in [0.5, 0.6) is 0 Å². The number of carbonyl (C=O) groups excluding carboxylic acids is 2. The van der Waals surface area contributed by atoms with Gasteiger partial charge in [-0.05, 0) is 31.2 Å². The van der Waals surface area contributed by atoms with E-state index in [1.54, 1.807) is 24.3 Å². The fraction of sp³-hybridized carbons (Fsp3) is 0.143. The van der Waals surface area contributed by atoms with Gasteiger partial charge in [0.2, 0.25) is 5.91 Å². The number of hydrogen-bond acceptors (Lipinski definition) is 5. The van der Waals surface area contributed by atoms with Gasteiger partial charge in [0.05, 0.1) is 24.7 Å². The summed E-state index contributed by atoms with van der Waals surface area (Å²) in [6.07, 6.45) is 1.36. The Morgan fingerprint density at radius 1 is 1.07 bits per heavy atom. The van der Waals surface area contributed by atoms with Crippen LogP contribution in [0.3, 0.4) is 0 Å². The Bertz CT molecular complexity index is 1050. The van der Waals surface area contributed by atoms with E-state index in [1.807, 2.05) is 31.2 Å². The third-order valence-electron chi connectivity index (χ3n) is 4.13. The minimum absolute atomic E-state index is 0.168. The molecule has 142 valence electrons. The Morgan fingerprint density at radius 2 is 1.75 bits per heavy atom. The Morgan fingerprint density at radius 3 is 2.36 bits per heavy atom. The zero-order valence-corrected chi connectivity index (χ0v) is 15.5. The quantitative estimate of drug-likeness (QED) is 0.691. The average molecular weight is 377 g/mol. The van der Waals surface area contributed by atoms with Gasteiger partial charge in [-0.15, -0.1) is 0 Å². The molecule has 2 aromatic carbocycles. The number of benzene rings is 2. The normalized spacial score (nSPS) is 10.4. The number of esters is 1. The Kier molecular flexibility index (Phi) is 5.64. The Hall–Kier alpha value is -3.74. The number of aromatic nitrogens is 2. The lowest BCUT2D eigenvalue weighted by Crippen LogP contribution is -2.27. The third kappa shape index (κ3) is 4.50. The van der Waals surface area contributed by atoms with Crippen LogP contribution in [0.15, 0.2) is 65.7 Å². The van der Waals surface area contributed by atoms with Crippen molar-refractivity contribution in [3.05, 3.63) is 82.4 Å². The highest BCUT2D eigenvalue weighted by molar-refractivity contribution is 5.92. The second kappa shape index (κ2) is 8.30.